The number of hydrogen-bond acceptors (Lipinski definition) is 6. The summed E-state index contributed by atoms with van der Waals surface area (Å²) in [6.45, 7) is 3.67. The maximum absolute atomic E-state index is 11.9. The van der Waals surface area contributed by atoms with E-state index in [2.05, 4.69) is 5.32 Å². The first kappa shape index (κ1) is 15.7. The Morgan fingerprint density at radius 2 is 2.05 bits per heavy atom. The van der Waals surface area contributed by atoms with Gasteiger partial charge < -0.3 is 24.3 Å². The molecule has 20 heavy (non-hydrogen) atoms. The second-order valence-corrected chi connectivity index (χ2v) is 5.24. The summed E-state index contributed by atoms with van der Waals surface area (Å²) in [4.78, 5) is 11.9. The van der Waals surface area contributed by atoms with E-state index in [1.54, 1.807) is 7.11 Å². The van der Waals surface area contributed by atoms with E-state index in [9.17, 15) is 4.79 Å². The molecule has 0 radical (unpaired) electrons. The minimum Gasteiger partial charge on any atom is -0.464 e. The molecule has 116 valence electrons. The topological polar surface area (TPSA) is 66.0 Å². The van der Waals surface area contributed by atoms with Gasteiger partial charge in [0.05, 0.1) is 37.9 Å². The van der Waals surface area contributed by atoms with Crippen molar-refractivity contribution in [3.8, 4) is 0 Å². The molecule has 1 N–H and O–H groups in total. The fourth-order valence-electron chi connectivity index (χ4n) is 2.73. The fraction of sp³-hybridized carbons (Fsp3) is 0.929. The minimum atomic E-state index is -0.102. The van der Waals surface area contributed by atoms with Crippen molar-refractivity contribution in [2.75, 3.05) is 46.6 Å². The molecule has 3 atom stereocenters. The van der Waals surface area contributed by atoms with Crippen LogP contribution in [0.4, 0.5) is 0 Å². The number of hydrogen-bond donors (Lipinski definition) is 1. The molecule has 0 aromatic carbocycles. The van der Waals surface area contributed by atoms with Crippen molar-refractivity contribution in [3.63, 3.8) is 0 Å². The SMILES string of the molecule is COCCOCCNCCOC(=O)C1CC2CCC1O2. The van der Waals surface area contributed by atoms with E-state index in [4.69, 9.17) is 18.9 Å². The summed E-state index contributed by atoms with van der Waals surface area (Å²) >= 11 is 0. The van der Waals surface area contributed by atoms with Crippen LogP contribution < -0.4 is 5.32 Å². The molecular formula is C14H25NO5. The van der Waals surface area contributed by atoms with Gasteiger partial charge in [0.1, 0.15) is 6.61 Å². The van der Waals surface area contributed by atoms with E-state index in [0.717, 1.165) is 25.8 Å². The summed E-state index contributed by atoms with van der Waals surface area (Å²) in [5.41, 5.74) is 0. The van der Waals surface area contributed by atoms with Crippen LogP contribution in [0.3, 0.4) is 0 Å². The second-order valence-electron chi connectivity index (χ2n) is 5.24. The Bertz CT molecular complexity index is 299. The Morgan fingerprint density at radius 1 is 1.20 bits per heavy atom. The molecule has 0 aromatic rings. The van der Waals surface area contributed by atoms with Crippen LogP contribution in [0.5, 0.6) is 0 Å². The van der Waals surface area contributed by atoms with Crippen LogP contribution in [0, 0.1) is 5.92 Å². The van der Waals surface area contributed by atoms with Gasteiger partial charge in [-0.25, -0.2) is 0 Å². The predicted molar refractivity (Wildman–Crippen MR) is 72.5 cm³/mol. The summed E-state index contributed by atoms with van der Waals surface area (Å²) in [6.07, 6.45) is 3.33. The van der Waals surface area contributed by atoms with Gasteiger partial charge in [0, 0.05) is 20.2 Å². The number of nitrogens with one attached hydrogen (secondary N) is 1. The van der Waals surface area contributed by atoms with Gasteiger partial charge in [-0.3, -0.25) is 4.79 Å². The molecule has 6 heteroatoms. The molecule has 2 saturated heterocycles. The summed E-state index contributed by atoms with van der Waals surface area (Å²) in [6, 6.07) is 0. The molecule has 2 heterocycles. The van der Waals surface area contributed by atoms with Crippen molar-refractivity contribution in [3.05, 3.63) is 0 Å². The van der Waals surface area contributed by atoms with E-state index in [-0.39, 0.29) is 18.0 Å². The Kier molecular flexibility index (Phi) is 6.72. The summed E-state index contributed by atoms with van der Waals surface area (Å²) in [5, 5.41) is 3.17. The molecule has 2 rings (SSSR count). The normalized spacial score (nSPS) is 27.9. The molecule has 0 aromatic heterocycles. The van der Waals surface area contributed by atoms with Crippen LogP contribution in [0.1, 0.15) is 19.3 Å². The van der Waals surface area contributed by atoms with Gasteiger partial charge in [-0.1, -0.05) is 0 Å². The molecule has 2 fully saturated rings. The molecule has 0 spiro atoms. The Balaban J connectivity index is 1.42. The number of ether oxygens (including phenoxy) is 4. The van der Waals surface area contributed by atoms with E-state index in [1.165, 1.54) is 0 Å². The number of fused-ring (bicyclic) bond motifs is 2. The van der Waals surface area contributed by atoms with Crippen molar-refractivity contribution in [1.29, 1.82) is 0 Å². The third kappa shape index (κ3) is 4.70. The highest BCUT2D eigenvalue weighted by molar-refractivity contribution is 5.73. The lowest BCUT2D eigenvalue weighted by Crippen LogP contribution is -2.30. The van der Waals surface area contributed by atoms with Crippen LogP contribution in [-0.2, 0) is 23.7 Å². The summed E-state index contributed by atoms with van der Waals surface area (Å²) < 4.78 is 21.1. The van der Waals surface area contributed by atoms with E-state index in [1.807, 2.05) is 0 Å². The van der Waals surface area contributed by atoms with Crippen molar-refractivity contribution in [1.82, 2.24) is 5.32 Å². The minimum absolute atomic E-state index is 0.0360. The van der Waals surface area contributed by atoms with Gasteiger partial charge >= 0.3 is 5.97 Å². The van der Waals surface area contributed by atoms with Gasteiger partial charge in [-0.2, -0.15) is 0 Å². The zero-order valence-corrected chi connectivity index (χ0v) is 12.1. The zero-order chi connectivity index (χ0) is 14.2. The van der Waals surface area contributed by atoms with E-state index >= 15 is 0 Å². The molecule has 2 aliphatic rings. The Hall–Kier alpha value is -0.690. The largest absolute Gasteiger partial charge is 0.464 e. The monoisotopic (exact) mass is 287 g/mol. The maximum Gasteiger partial charge on any atom is 0.311 e. The quantitative estimate of drug-likeness (QED) is 0.462. The van der Waals surface area contributed by atoms with Crippen molar-refractivity contribution in [2.24, 2.45) is 5.92 Å². The van der Waals surface area contributed by atoms with Crippen molar-refractivity contribution >= 4 is 5.97 Å². The molecule has 2 bridgehead atoms. The average molecular weight is 287 g/mol. The van der Waals surface area contributed by atoms with Crippen LogP contribution in [0.25, 0.3) is 0 Å². The molecular weight excluding hydrogens is 262 g/mol. The predicted octanol–water partition coefficient (Wildman–Crippen LogP) is 0.350. The average Bonchev–Trinajstić information content (AvgIpc) is 3.08. The third-order valence-corrected chi connectivity index (χ3v) is 3.79. The zero-order valence-electron chi connectivity index (χ0n) is 12.1. The Morgan fingerprint density at radius 3 is 2.75 bits per heavy atom. The number of esters is 1. The van der Waals surface area contributed by atoms with Crippen LogP contribution in [-0.4, -0.2) is 64.8 Å². The van der Waals surface area contributed by atoms with Crippen molar-refractivity contribution in [2.45, 2.75) is 31.5 Å². The van der Waals surface area contributed by atoms with Gasteiger partial charge in [0.15, 0.2) is 0 Å². The first-order valence-electron chi connectivity index (χ1n) is 7.40. The lowest BCUT2D eigenvalue weighted by Gasteiger charge is -2.17. The standard InChI is InChI=1S/C14H25NO5/c1-17-8-9-18-6-4-15-5-7-19-14(16)12-10-11-2-3-13(12)20-11/h11-13,15H,2-10H2,1H3. The highest BCUT2D eigenvalue weighted by Crippen LogP contribution is 2.39. The maximum atomic E-state index is 11.9. The molecule has 0 saturated carbocycles. The van der Waals surface area contributed by atoms with Gasteiger partial charge in [0.2, 0.25) is 0 Å². The molecule has 6 nitrogen and oxygen atoms in total. The summed E-state index contributed by atoms with van der Waals surface area (Å²) in [5.74, 6) is -0.138. The number of carbonyl (C=O) groups excluding carboxylic acids is 1. The van der Waals surface area contributed by atoms with E-state index in [0.29, 0.717) is 39.1 Å². The Labute approximate surface area is 120 Å². The van der Waals surface area contributed by atoms with E-state index < -0.39 is 0 Å². The second kappa shape index (κ2) is 8.56. The first-order chi connectivity index (χ1) is 9.81. The molecule has 0 aliphatic carbocycles. The third-order valence-electron chi connectivity index (χ3n) is 3.79. The van der Waals surface area contributed by atoms with Gasteiger partial charge in [-0.15, -0.1) is 0 Å². The van der Waals surface area contributed by atoms with Gasteiger partial charge in [-0.05, 0) is 19.3 Å². The highest BCUT2D eigenvalue weighted by Gasteiger charge is 2.45. The molecule has 0 amide bonds. The van der Waals surface area contributed by atoms with Crippen LogP contribution in [0.15, 0.2) is 0 Å². The van der Waals surface area contributed by atoms with Crippen LogP contribution >= 0.6 is 0 Å². The van der Waals surface area contributed by atoms with Crippen molar-refractivity contribution < 1.29 is 23.7 Å². The smallest absolute Gasteiger partial charge is 0.311 e. The van der Waals surface area contributed by atoms with Gasteiger partial charge in [0.25, 0.3) is 0 Å². The lowest BCUT2D eigenvalue weighted by molar-refractivity contribution is -0.150. The fourth-order valence-corrected chi connectivity index (χ4v) is 2.73. The van der Waals surface area contributed by atoms with Crippen LogP contribution in [0.2, 0.25) is 0 Å². The number of methoxy groups -OCH3 is 1. The summed E-state index contributed by atoms with van der Waals surface area (Å²) in [7, 11) is 1.65. The first-order valence-corrected chi connectivity index (χ1v) is 7.40. The highest BCUT2D eigenvalue weighted by atomic mass is 16.5. The number of carbonyl (C=O) groups is 1. The molecule has 3 unspecified atom stereocenters. The number of rotatable bonds is 10. The lowest BCUT2D eigenvalue weighted by atomic mass is 9.89. The molecule has 2 aliphatic heterocycles.